The van der Waals surface area contributed by atoms with E-state index in [0.717, 1.165) is 12.8 Å². The van der Waals surface area contributed by atoms with Gasteiger partial charge >= 0.3 is 0 Å². The summed E-state index contributed by atoms with van der Waals surface area (Å²) >= 11 is 0. The molecule has 0 saturated heterocycles. The van der Waals surface area contributed by atoms with Gasteiger partial charge in [0.25, 0.3) is 0 Å². The summed E-state index contributed by atoms with van der Waals surface area (Å²) in [6.07, 6.45) is 2.14. The van der Waals surface area contributed by atoms with Gasteiger partial charge in [-0.1, -0.05) is 38.5 Å². The second-order valence-corrected chi connectivity index (χ2v) is 7.22. The molecule has 0 aromatic heterocycles. The molecule has 1 nitrogen and oxygen atoms in total. The molecule has 17 heavy (non-hydrogen) atoms. The standard InChI is InChI=1S/C16H31N/c1-12(2)10-11-14(17-16(7,8)9)13(3)15(4,5)6/h14,17H,1,3,10-11H2,2,4-9H3. The average molecular weight is 237 g/mol. The first kappa shape index (κ1) is 16.4. The summed E-state index contributed by atoms with van der Waals surface area (Å²) in [6, 6.07) is 0.367. The monoisotopic (exact) mass is 237 g/mol. The molecule has 0 aromatic rings. The first-order valence-corrected chi connectivity index (χ1v) is 6.55. The maximum absolute atomic E-state index is 4.30. The Morgan fingerprint density at radius 1 is 1.06 bits per heavy atom. The lowest BCUT2D eigenvalue weighted by Gasteiger charge is -2.35. The van der Waals surface area contributed by atoms with Crippen molar-refractivity contribution in [2.75, 3.05) is 0 Å². The second kappa shape index (κ2) is 5.86. The lowest BCUT2D eigenvalue weighted by Crippen LogP contribution is -2.46. The lowest BCUT2D eigenvalue weighted by molar-refractivity contribution is 0.334. The van der Waals surface area contributed by atoms with Crippen LogP contribution < -0.4 is 5.32 Å². The molecular formula is C16H31N. The fourth-order valence-corrected chi connectivity index (χ4v) is 1.77. The third kappa shape index (κ3) is 7.38. The van der Waals surface area contributed by atoms with Crippen molar-refractivity contribution in [1.82, 2.24) is 5.32 Å². The van der Waals surface area contributed by atoms with Crippen LogP contribution in [0.4, 0.5) is 0 Å². The zero-order chi connectivity index (χ0) is 13.9. The van der Waals surface area contributed by atoms with Crippen LogP contribution in [-0.2, 0) is 0 Å². The van der Waals surface area contributed by atoms with Crippen molar-refractivity contribution in [3.8, 4) is 0 Å². The molecule has 0 radical (unpaired) electrons. The minimum atomic E-state index is 0.119. The summed E-state index contributed by atoms with van der Waals surface area (Å²) in [7, 11) is 0. The van der Waals surface area contributed by atoms with E-state index in [0.29, 0.717) is 6.04 Å². The molecule has 0 aliphatic carbocycles. The topological polar surface area (TPSA) is 12.0 Å². The van der Waals surface area contributed by atoms with Crippen LogP contribution in [0.5, 0.6) is 0 Å². The number of allylic oxidation sites excluding steroid dienone is 1. The van der Waals surface area contributed by atoms with Crippen molar-refractivity contribution in [2.24, 2.45) is 5.41 Å². The van der Waals surface area contributed by atoms with Gasteiger partial charge in [-0.2, -0.15) is 0 Å². The fourth-order valence-electron chi connectivity index (χ4n) is 1.77. The Morgan fingerprint density at radius 2 is 1.53 bits per heavy atom. The van der Waals surface area contributed by atoms with Gasteiger partial charge in [0.15, 0.2) is 0 Å². The number of nitrogens with one attached hydrogen (secondary N) is 1. The highest BCUT2D eigenvalue weighted by molar-refractivity contribution is 5.15. The van der Waals surface area contributed by atoms with Crippen molar-refractivity contribution in [3.05, 3.63) is 24.3 Å². The molecule has 0 saturated carbocycles. The van der Waals surface area contributed by atoms with E-state index in [-0.39, 0.29) is 11.0 Å². The average Bonchev–Trinajstić information content (AvgIpc) is 2.07. The van der Waals surface area contributed by atoms with Crippen LogP contribution in [0.15, 0.2) is 24.3 Å². The van der Waals surface area contributed by atoms with Gasteiger partial charge < -0.3 is 5.32 Å². The summed E-state index contributed by atoms with van der Waals surface area (Å²) < 4.78 is 0. The molecule has 0 aliphatic heterocycles. The molecule has 0 heterocycles. The minimum absolute atomic E-state index is 0.119. The maximum Gasteiger partial charge on any atom is 0.0289 e. The molecule has 100 valence electrons. The molecular weight excluding hydrogens is 206 g/mol. The van der Waals surface area contributed by atoms with Crippen molar-refractivity contribution in [2.45, 2.75) is 72.9 Å². The molecule has 1 heteroatoms. The third-order valence-electron chi connectivity index (χ3n) is 2.85. The maximum atomic E-state index is 4.30. The lowest BCUT2D eigenvalue weighted by atomic mass is 9.80. The van der Waals surface area contributed by atoms with Crippen LogP contribution in [0.25, 0.3) is 0 Å². The normalized spacial score (nSPS) is 14.5. The highest BCUT2D eigenvalue weighted by Gasteiger charge is 2.26. The molecule has 0 spiro atoms. The van der Waals surface area contributed by atoms with Gasteiger partial charge in [0.1, 0.15) is 0 Å². The third-order valence-corrected chi connectivity index (χ3v) is 2.85. The van der Waals surface area contributed by atoms with E-state index in [1.165, 1.54) is 11.1 Å². The zero-order valence-corrected chi connectivity index (χ0v) is 12.9. The quantitative estimate of drug-likeness (QED) is 0.683. The summed E-state index contributed by atoms with van der Waals surface area (Å²) in [5, 5.41) is 3.68. The first-order chi connectivity index (χ1) is 7.43. The van der Waals surface area contributed by atoms with E-state index in [1.807, 2.05) is 0 Å². The fraction of sp³-hybridized carbons (Fsp3) is 0.750. The van der Waals surface area contributed by atoms with Gasteiger partial charge in [-0.15, -0.1) is 6.58 Å². The van der Waals surface area contributed by atoms with E-state index >= 15 is 0 Å². The molecule has 0 fully saturated rings. The molecule has 1 unspecified atom stereocenters. The van der Waals surface area contributed by atoms with Gasteiger partial charge in [-0.05, 0) is 46.0 Å². The van der Waals surface area contributed by atoms with Crippen molar-refractivity contribution >= 4 is 0 Å². The summed E-state index contributed by atoms with van der Waals surface area (Å²) in [4.78, 5) is 0. The highest BCUT2D eigenvalue weighted by atomic mass is 15.0. The Kier molecular flexibility index (Phi) is 5.67. The van der Waals surface area contributed by atoms with Crippen LogP contribution in [0.1, 0.15) is 61.3 Å². The smallest absolute Gasteiger partial charge is 0.0289 e. The molecule has 0 amide bonds. The largest absolute Gasteiger partial charge is 0.306 e. The molecule has 0 rings (SSSR count). The van der Waals surface area contributed by atoms with Gasteiger partial charge in [-0.25, -0.2) is 0 Å². The van der Waals surface area contributed by atoms with Crippen LogP contribution in [0.2, 0.25) is 0 Å². The van der Waals surface area contributed by atoms with E-state index in [4.69, 9.17) is 0 Å². The predicted molar refractivity (Wildman–Crippen MR) is 79.3 cm³/mol. The van der Waals surface area contributed by atoms with Crippen molar-refractivity contribution in [1.29, 1.82) is 0 Å². The molecule has 0 aromatic carbocycles. The van der Waals surface area contributed by atoms with Crippen LogP contribution in [-0.4, -0.2) is 11.6 Å². The molecule has 0 aliphatic rings. The Hall–Kier alpha value is -0.560. The Balaban J connectivity index is 4.73. The van der Waals surface area contributed by atoms with Gasteiger partial charge in [-0.3, -0.25) is 0 Å². The summed E-state index contributed by atoms with van der Waals surface area (Å²) in [5.41, 5.74) is 2.80. The Bertz CT molecular complexity index is 273. The highest BCUT2D eigenvalue weighted by Crippen LogP contribution is 2.29. The van der Waals surface area contributed by atoms with Crippen molar-refractivity contribution in [3.63, 3.8) is 0 Å². The van der Waals surface area contributed by atoms with Gasteiger partial charge in [0.2, 0.25) is 0 Å². The zero-order valence-electron chi connectivity index (χ0n) is 12.9. The SMILES string of the molecule is C=C(C)CCC(NC(C)(C)C)C(=C)C(C)(C)C. The Morgan fingerprint density at radius 3 is 1.82 bits per heavy atom. The Labute approximate surface area is 108 Å². The van der Waals surface area contributed by atoms with Crippen LogP contribution in [0.3, 0.4) is 0 Å². The number of hydrogen-bond acceptors (Lipinski definition) is 1. The van der Waals surface area contributed by atoms with E-state index in [2.05, 4.69) is 66.9 Å². The summed E-state index contributed by atoms with van der Waals surface area (Å²) in [5.74, 6) is 0. The van der Waals surface area contributed by atoms with E-state index < -0.39 is 0 Å². The molecule has 1 atom stereocenters. The number of rotatable bonds is 5. The minimum Gasteiger partial charge on any atom is -0.306 e. The van der Waals surface area contributed by atoms with Crippen LogP contribution in [0, 0.1) is 5.41 Å². The molecule has 1 N–H and O–H groups in total. The summed E-state index contributed by atoms with van der Waals surface area (Å²) in [6.45, 7) is 23.7. The first-order valence-electron chi connectivity index (χ1n) is 6.55. The van der Waals surface area contributed by atoms with Gasteiger partial charge in [0, 0.05) is 11.6 Å². The number of hydrogen-bond donors (Lipinski definition) is 1. The van der Waals surface area contributed by atoms with E-state index in [1.54, 1.807) is 0 Å². The van der Waals surface area contributed by atoms with Gasteiger partial charge in [0.05, 0.1) is 0 Å². The molecule has 0 bridgehead atoms. The second-order valence-electron chi connectivity index (χ2n) is 7.22. The van der Waals surface area contributed by atoms with E-state index in [9.17, 15) is 0 Å². The predicted octanol–water partition coefficient (Wildman–Crippen LogP) is 4.70. The van der Waals surface area contributed by atoms with Crippen LogP contribution >= 0.6 is 0 Å². The van der Waals surface area contributed by atoms with Crippen molar-refractivity contribution < 1.29 is 0 Å².